The summed E-state index contributed by atoms with van der Waals surface area (Å²) < 4.78 is 0.764. The molecule has 0 heterocycles. The van der Waals surface area contributed by atoms with Crippen LogP contribution in [0.3, 0.4) is 0 Å². The minimum atomic E-state index is 0.0705. The van der Waals surface area contributed by atoms with Gasteiger partial charge in [0.1, 0.15) is 0 Å². The van der Waals surface area contributed by atoms with Gasteiger partial charge in [-0.05, 0) is 46.3 Å². The van der Waals surface area contributed by atoms with Crippen LogP contribution in [0.5, 0.6) is 0 Å². The van der Waals surface area contributed by atoms with E-state index in [1.807, 2.05) is 36.4 Å². The Bertz CT molecular complexity index is 634. The van der Waals surface area contributed by atoms with E-state index in [0.29, 0.717) is 10.6 Å². The van der Waals surface area contributed by atoms with Crippen molar-refractivity contribution in [2.24, 2.45) is 10.9 Å². The molecule has 0 atom stereocenters. The number of oxime groups is 1. The Labute approximate surface area is 128 Å². The molecule has 3 N–H and O–H groups in total. The average Bonchev–Trinajstić information content (AvgIpc) is 2.41. The fourth-order valence-electron chi connectivity index (χ4n) is 1.48. The van der Waals surface area contributed by atoms with Crippen LogP contribution in [-0.2, 0) is 0 Å². The van der Waals surface area contributed by atoms with Crippen LogP contribution in [0.2, 0.25) is 5.02 Å². The molecule has 98 valence electrons. The highest BCUT2D eigenvalue weighted by Crippen LogP contribution is 2.34. The fraction of sp³-hybridized carbons (Fsp3) is 0. The first-order chi connectivity index (χ1) is 9.11. The van der Waals surface area contributed by atoms with Crippen LogP contribution in [0.1, 0.15) is 5.56 Å². The molecule has 2 aromatic rings. The summed E-state index contributed by atoms with van der Waals surface area (Å²) in [5, 5.41) is 12.4. The number of benzene rings is 2. The second-order valence-electron chi connectivity index (χ2n) is 3.66. The third-order valence-electron chi connectivity index (χ3n) is 2.39. The van der Waals surface area contributed by atoms with E-state index >= 15 is 0 Å². The molecule has 0 aliphatic heterocycles. The summed E-state index contributed by atoms with van der Waals surface area (Å²) in [6.07, 6.45) is 0. The monoisotopic (exact) mass is 356 g/mol. The lowest BCUT2D eigenvalue weighted by molar-refractivity contribution is 0.318. The molecule has 0 aliphatic rings. The first-order valence-electron chi connectivity index (χ1n) is 5.31. The second kappa shape index (κ2) is 6.32. The Kier molecular flexibility index (Phi) is 4.74. The molecule has 0 aromatic heterocycles. The molecule has 0 saturated heterocycles. The Morgan fingerprint density at radius 1 is 1.26 bits per heavy atom. The molecular formula is C13H10BrClN2OS. The molecule has 6 heteroatoms. The maximum atomic E-state index is 8.67. The smallest absolute Gasteiger partial charge is 0.171 e. The molecule has 19 heavy (non-hydrogen) atoms. The molecule has 0 bridgehead atoms. The lowest BCUT2D eigenvalue weighted by atomic mass is 10.2. The molecule has 0 aliphatic carbocycles. The molecule has 0 saturated carbocycles. The predicted octanol–water partition coefficient (Wildman–Crippen LogP) is 4.35. The number of nitrogens with zero attached hydrogens (tertiary/aromatic N) is 1. The predicted molar refractivity (Wildman–Crippen MR) is 82.2 cm³/mol. The van der Waals surface area contributed by atoms with E-state index in [4.69, 9.17) is 22.5 Å². The van der Waals surface area contributed by atoms with Crippen molar-refractivity contribution in [2.75, 3.05) is 0 Å². The van der Waals surface area contributed by atoms with Crippen molar-refractivity contribution in [2.45, 2.75) is 9.79 Å². The Balaban J connectivity index is 2.29. The maximum Gasteiger partial charge on any atom is 0.171 e. The van der Waals surface area contributed by atoms with E-state index in [1.165, 1.54) is 0 Å². The van der Waals surface area contributed by atoms with E-state index in [0.717, 1.165) is 14.3 Å². The summed E-state index contributed by atoms with van der Waals surface area (Å²) in [5.74, 6) is 0.0705. The third-order valence-corrected chi connectivity index (χ3v) is 4.55. The van der Waals surface area contributed by atoms with Crippen LogP contribution in [0.4, 0.5) is 0 Å². The van der Waals surface area contributed by atoms with Gasteiger partial charge in [0.25, 0.3) is 0 Å². The van der Waals surface area contributed by atoms with E-state index in [-0.39, 0.29) is 5.84 Å². The zero-order valence-electron chi connectivity index (χ0n) is 9.68. The van der Waals surface area contributed by atoms with Crippen LogP contribution < -0.4 is 5.73 Å². The minimum Gasteiger partial charge on any atom is -0.409 e. The number of amidine groups is 1. The quantitative estimate of drug-likeness (QED) is 0.371. The van der Waals surface area contributed by atoms with Crippen LogP contribution in [-0.4, -0.2) is 11.0 Å². The molecule has 2 aromatic carbocycles. The van der Waals surface area contributed by atoms with Gasteiger partial charge in [-0.25, -0.2) is 0 Å². The number of rotatable bonds is 3. The molecule has 3 nitrogen and oxygen atoms in total. The first kappa shape index (κ1) is 14.2. The number of halogens is 2. The topological polar surface area (TPSA) is 58.6 Å². The van der Waals surface area contributed by atoms with Crippen molar-refractivity contribution in [3.05, 3.63) is 57.5 Å². The summed E-state index contributed by atoms with van der Waals surface area (Å²) >= 11 is 11.1. The number of hydrogen-bond donors (Lipinski definition) is 2. The summed E-state index contributed by atoms with van der Waals surface area (Å²) in [6.45, 7) is 0. The normalized spacial score (nSPS) is 11.6. The van der Waals surface area contributed by atoms with Crippen molar-refractivity contribution in [1.29, 1.82) is 0 Å². The van der Waals surface area contributed by atoms with Crippen molar-refractivity contribution >= 4 is 45.1 Å². The number of nitrogens with two attached hydrogens (primary N) is 1. The Morgan fingerprint density at radius 3 is 2.63 bits per heavy atom. The minimum absolute atomic E-state index is 0.0705. The highest BCUT2D eigenvalue weighted by Gasteiger charge is 2.08. The van der Waals surface area contributed by atoms with E-state index in [9.17, 15) is 0 Å². The zero-order valence-corrected chi connectivity index (χ0v) is 12.8. The van der Waals surface area contributed by atoms with Crippen LogP contribution in [0.15, 0.2) is 61.9 Å². The Morgan fingerprint density at radius 2 is 2.00 bits per heavy atom. The number of hydrogen-bond acceptors (Lipinski definition) is 3. The van der Waals surface area contributed by atoms with Gasteiger partial charge in [0.05, 0.1) is 5.02 Å². The summed E-state index contributed by atoms with van der Waals surface area (Å²) in [6, 6.07) is 13.2. The van der Waals surface area contributed by atoms with Gasteiger partial charge >= 0.3 is 0 Å². The Hall–Kier alpha value is -1.17. The van der Waals surface area contributed by atoms with Gasteiger partial charge in [0.2, 0.25) is 0 Å². The van der Waals surface area contributed by atoms with Crippen molar-refractivity contribution < 1.29 is 5.21 Å². The maximum absolute atomic E-state index is 8.67. The fourth-order valence-corrected chi connectivity index (χ4v) is 3.34. The van der Waals surface area contributed by atoms with Gasteiger partial charge in [-0.1, -0.05) is 40.7 Å². The van der Waals surface area contributed by atoms with Crippen LogP contribution >= 0.6 is 39.3 Å². The van der Waals surface area contributed by atoms with Gasteiger partial charge in [-0.2, -0.15) is 0 Å². The summed E-state index contributed by atoms with van der Waals surface area (Å²) in [4.78, 5) is 1.99. The molecule has 2 rings (SSSR count). The highest BCUT2D eigenvalue weighted by molar-refractivity contribution is 9.10. The largest absolute Gasteiger partial charge is 0.409 e. The molecule has 0 amide bonds. The van der Waals surface area contributed by atoms with Crippen molar-refractivity contribution in [1.82, 2.24) is 0 Å². The molecule has 0 radical (unpaired) electrons. The molecule has 0 fully saturated rings. The third kappa shape index (κ3) is 3.43. The van der Waals surface area contributed by atoms with Gasteiger partial charge in [0.15, 0.2) is 5.84 Å². The highest BCUT2D eigenvalue weighted by atomic mass is 79.9. The molecular weight excluding hydrogens is 348 g/mol. The van der Waals surface area contributed by atoms with Gasteiger partial charge in [-0.3, -0.25) is 0 Å². The molecule has 0 spiro atoms. The van der Waals surface area contributed by atoms with Crippen LogP contribution in [0.25, 0.3) is 0 Å². The van der Waals surface area contributed by atoms with E-state index in [1.54, 1.807) is 17.8 Å². The van der Waals surface area contributed by atoms with Crippen molar-refractivity contribution in [3.63, 3.8) is 0 Å². The van der Waals surface area contributed by atoms with E-state index < -0.39 is 0 Å². The summed E-state index contributed by atoms with van der Waals surface area (Å²) in [7, 11) is 0. The van der Waals surface area contributed by atoms with Gasteiger partial charge < -0.3 is 10.9 Å². The SMILES string of the molecule is N/C(=N/O)c1ccc(Sc2ccccc2Cl)cc1Br. The average molecular weight is 358 g/mol. The summed E-state index contributed by atoms with van der Waals surface area (Å²) in [5.41, 5.74) is 6.21. The molecule has 0 unspecified atom stereocenters. The van der Waals surface area contributed by atoms with Crippen molar-refractivity contribution in [3.8, 4) is 0 Å². The first-order valence-corrected chi connectivity index (χ1v) is 7.30. The zero-order chi connectivity index (χ0) is 13.8. The van der Waals surface area contributed by atoms with E-state index in [2.05, 4.69) is 21.1 Å². The lowest BCUT2D eigenvalue weighted by Gasteiger charge is -2.07. The standard InChI is InChI=1S/C13H10BrClN2OS/c14-10-7-8(5-6-9(10)13(16)17-18)19-12-4-2-1-3-11(12)15/h1-7,18H,(H2,16,17). The second-order valence-corrected chi connectivity index (χ2v) is 6.04. The van der Waals surface area contributed by atoms with Crippen LogP contribution in [0, 0.1) is 0 Å². The lowest BCUT2D eigenvalue weighted by Crippen LogP contribution is -2.13. The van der Waals surface area contributed by atoms with Gasteiger partial charge in [0, 0.05) is 19.8 Å². The van der Waals surface area contributed by atoms with Gasteiger partial charge in [-0.15, -0.1) is 0 Å².